The Morgan fingerprint density at radius 3 is 2.53 bits per heavy atom. The molecule has 1 aromatic carbocycles. The van der Waals surface area contributed by atoms with E-state index in [1.54, 1.807) is 42.3 Å². The molecule has 0 radical (unpaired) electrons. The molecule has 5 rings (SSSR count). The van der Waals surface area contributed by atoms with Gasteiger partial charge >= 0.3 is 0 Å². The van der Waals surface area contributed by atoms with Crippen LogP contribution in [0.3, 0.4) is 0 Å². The molecule has 4 aromatic heterocycles. The lowest BCUT2D eigenvalue weighted by Gasteiger charge is -2.23. The molecule has 0 spiro atoms. The fourth-order valence-electron chi connectivity index (χ4n) is 4.38. The average molecular weight is 482 g/mol. The molecule has 0 saturated heterocycles. The van der Waals surface area contributed by atoms with E-state index in [0.29, 0.717) is 24.7 Å². The van der Waals surface area contributed by atoms with Crippen LogP contribution in [-0.4, -0.2) is 38.5 Å². The zero-order chi connectivity index (χ0) is 25.2. The summed E-state index contributed by atoms with van der Waals surface area (Å²) in [5.41, 5.74) is 10.5. The fourth-order valence-corrected chi connectivity index (χ4v) is 4.38. The van der Waals surface area contributed by atoms with Gasteiger partial charge < -0.3 is 19.9 Å². The second-order valence-corrected chi connectivity index (χ2v) is 8.62. The third-order valence-electron chi connectivity index (χ3n) is 6.10. The molecule has 36 heavy (non-hydrogen) atoms. The van der Waals surface area contributed by atoms with Gasteiger partial charge in [0.25, 0.3) is 5.56 Å². The lowest BCUT2D eigenvalue weighted by atomic mass is 10.1. The SMILES string of the molecule is COc1cc(N)nc(C)c1N(C)c1nccc2nn(Cc3ccc(Cn4ccccc4=O)cc3)cc12. The van der Waals surface area contributed by atoms with Gasteiger partial charge in [0.05, 0.1) is 36.8 Å². The summed E-state index contributed by atoms with van der Waals surface area (Å²) in [5.74, 6) is 1.78. The van der Waals surface area contributed by atoms with Crippen molar-refractivity contribution in [3.63, 3.8) is 0 Å². The van der Waals surface area contributed by atoms with E-state index < -0.39 is 0 Å². The van der Waals surface area contributed by atoms with Crippen LogP contribution in [0.1, 0.15) is 16.8 Å². The van der Waals surface area contributed by atoms with Crippen molar-refractivity contribution in [1.82, 2.24) is 24.3 Å². The summed E-state index contributed by atoms with van der Waals surface area (Å²) >= 11 is 0. The molecule has 0 bridgehead atoms. The molecule has 9 nitrogen and oxygen atoms in total. The van der Waals surface area contributed by atoms with Crippen molar-refractivity contribution in [2.24, 2.45) is 0 Å². The van der Waals surface area contributed by atoms with Gasteiger partial charge in [0, 0.05) is 37.8 Å². The van der Waals surface area contributed by atoms with Gasteiger partial charge in [0.2, 0.25) is 0 Å². The van der Waals surface area contributed by atoms with E-state index in [9.17, 15) is 4.79 Å². The zero-order valence-corrected chi connectivity index (χ0v) is 20.4. The molecule has 0 saturated carbocycles. The number of anilines is 3. The lowest BCUT2D eigenvalue weighted by Crippen LogP contribution is -2.18. The number of aryl methyl sites for hydroxylation is 1. The van der Waals surface area contributed by atoms with Crippen molar-refractivity contribution in [2.45, 2.75) is 20.0 Å². The van der Waals surface area contributed by atoms with E-state index in [-0.39, 0.29) is 5.56 Å². The molecule has 5 aromatic rings. The average Bonchev–Trinajstić information content (AvgIpc) is 3.28. The van der Waals surface area contributed by atoms with Crippen LogP contribution in [0.5, 0.6) is 5.75 Å². The third kappa shape index (κ3) is 4.50. The zero-order valence-electron chi connectivity index (χ0n) is 20.4. The Labute approximate surface area is 208 Å². The highest BCUT2D eigenvalue weighted by Crippen LogP contribution is 2.37. The van der Waals surface area contributed by atoms with Gasteiger partial charge in [0.1, 0.15) is 23.1 Å². The first-order valence-electron chi connectivity index (χ1n) is 11.5. The number of hydrogen-bond donors (Lipinski definition) is 1. The molecule has 0 atom stereocenters. The van der Waals surface area contributed by atoms with Crippen LogP contribution < -0.4 is 20.9 Å². The van der Waals surface area contributed by atoms with E-state index in [1.807, 2.05) is 54.0 Å². The molecule has 2 N–H and O–H groups in total. The number of nitrogens with two attached hydrogens (primary N) is 1. The summed E-state index contributed by atoms with van der Waals surface area (Å²) in [4.78, 5) is 23.0. The van der Waals surface area contributed by atoms with Crippen molar-refractivity contribution in [2.75, 3.05) is 24.8 Å². The van der Waals surface area contributed by atoms with E-state index >= 15 is 0 Å². The second-order valence-electron chi connectivity index (χ2n) is 8.62. The van der Waals surface area contributed by atoms with Crippen molar-refractivity contribution < 1.29 is 4.74 Å². The number of benzene rings is 1. The number of nitrogen functional groups attached to an aromatic ring is 1. The van der Waals surface area contributed by atoms with Crippen molar-refractivity contribution in [3.8, 4) is 5.75 Å². The second kappa shape index (κ2) is 9.53. The van der Waals surface area contributed by atoms with E-state index in [2.05, 4.69) is 22.1 Å². The summed E-state index contributed by atoms with van der Waals surface area (Å²) in [6.45, 7) is 3.04. The Balaban J connectivity index is 1.41. The Morgan fingerprint density at radius 1 is 1.06 bits per heavy atom. The molecular weight excluding hydrogens is 454 g/mol. The minimum atomic E-state index is -0.0123. The van der Waals surface area contributed by atoms with E-state index in [4.69, 9.17) is 15.6 Å². The first-order chi connectivity index (χ1) is 17.4. The van der Waals surface area contributed by atoms with Gasteiger partial charge in [-0.15, -0.1) is 0 Å². The molecule has 0 aliphatic rings. The molecule has 0 aliphatic heterocycles. The standard InChI is InChI=1S/C27H27N7O2/c1-18-26(23(36-3)14-24(28)30-18)32(2)27-21-17-34(31-22(21)11-12-29-27)16-20-9-7-19(8-10-20)15-33-13-5-4-6-25(33)35/h4-14,17H,15-16H2,1-3H3,(H2,28,30). The number of methoxy groups -OCH3 is 1. The highest BCUT2D eigenvalue weighted by Gasteiger charge is 2.19. The minimum Gasteiger partial charge on any atom is -0.494 e. The maximum absolute atomic E-state index is 12.0. The summed E-state index contributed by atoms with van der Waals surface area (Å²) in [5, 5.41) is 5.68. The summed E-state index contributed by atoms with van der Waals surface area (Å²) < 4.78 is 9.17. The number of hydrogen-bond acceptors (Lipinski definition) is 7. The normalized spacial score (nSPS) is 11.1. The van der Waals surface area contributed by atoms with Crippen LogP contribution in [0.25, 0.3) is 10.9 Å². The van der Waals surface area contributed by atoms with Crippen LogP contribution in [0.15, 0.2) is 78.0 Å². The monoisotopic (exact) mass is 481 g/mol. The number of pyridine rings is 3. The van der Waals surface area contributed by atoms with Crippen molar-refractivity contribution in [3.05, 3.63) is 100 Å². The van der Waals surface area contributed by atoms with Gasteiger partial charge in [-0.1, -0.05) is 30.3 Å². The van der Waals surface area contributed by atoms with Crippen molar-refractivity contribution >= 4 is 28.2 Å². The van der Waals surface area contributed by atoms with Gasteiger partial charge in [-0.3, -0.25) is 9.48 Å². The molecule has 9 heteroatoms. The minimum absolute atomic E-state index is 0.0123. The fraction of sp³-hybridized carbons (Fsp3) is 0.185. The smallest absolute Gasteiger partial charge is 0.250 e. The van der Waals surface area contributed by atoms with E-state index in [1.165, 1.54) is 0 Å². The molecule has 182 valence electrons. The molecule has 0 fully saturated rings. The summed E-state index contributed by atoms with van der Waals surface area (Å²) in [7, 11) is 3.54. The molecule has 0 aliphatic carbocycles. The molecule has 0 unspecified atom stereocenters. The number of nitrogens with zero attached hydrogens (tertiary/aromatic N) is 6. The van der Waals surface area contributed by atoms with Gasteiger partial charge in [-0.05, 0) is 30.2 Å². The third-order valence-corrected chi connectivity index (χ3v) is 6.10. The number of rotatable bonds is 7. The number of fused-ring (bicyclic) bond motifs is 1. The molecule has 0 amide bonds. The highest BCUT2D eigenvalue weighted by molar-refractivity contribution is 5.92. The summed E-state index contributed by atoms with van der Waals surface area (Å²) in [6.07, 6.45) is 5.54. The van der Waals surface area contributed by atoms with Crippen LogP contribution in [0.2, 0.25) is 0 Å². The quantitative estimate of drug-likeness (QED) is 0.377. The number of ether oxygens (including phenoxy) is 1. The Kier molecular flexibility index (Phi) is 6.12. The van der Waals surface area contributed by atoms with Crippen LogP contribution >= 0.6 is 0 Å². The summed E-state index contributed by atoms with van der Waals surface area (Å²) in [6, 6.07) is 17.0. The predicted octanol–water partition coefficient (Wildman–Crippen LogP) is 3.75. The van der Waals surface area contributed by atoms with Crippen LogP contribution in [0, 0.1) is 6.92 Å². The van der Waals surface area contributed by atoms with Crippen molar-refractivity contribution in [1.29, 1.82) is 0 Å². The lowest BCUT2D eigenvalue weighted by molar-refractivity contribution is 0.415. The topological polar surface area (TPSA) is 104 Å². The van der Waals surface area contributed by atoms with Crippen LogP contribution in [0.4, 0.5) is 17.3 Å². The van der Waals surface area contributed by atoms with Gasteiger partial charge in [-0.2, -0.15) is 5.10 Å². The van der Waals surface area contributed by atoms with Gasteiger partial charge in [-0.25, -0.2) is 9.97 Å². The Morgan fingerprint density at radius 2 is 1.81 bits per heavy atom. The predicted molar refractivity (Wildman–Crippen MR) is 141 cm³/mol. The number of aromatic nitrogens is 5. The molecule has 4 heterocycles. The van der Waals surface area contributed by atoms with Crippen LogP contribution in [-0.2, 0) is 13.1 Å². The largest absolute Gasteiger partial charge is 0.494 e. The first kappa shape index (κ1) is 23.1. The van der Waals surface area contributed by atoms with Gasteiger partial charge in [0.15, 0.2) is 0 Å². The first-order valence-corrected chi connectivity index (χ1v) is 11.5. The highest BCUT2D eigenvalue weighted by atomic mass is 16.5. The molecular formula is C27H27N7O2. The Hall–Kier alpha value is -4.66. The Bertz CT molecular complexity index is 1590. The maximum atomic E-state index is 12.0. The maximum Gasteiger partial charge on any atom is 0.250 e. The van der Waals surface area contributed by atoms with E-state index in [0.717, 1.165) is 39.2 Å².